The van der Waals surface area contributed by atoms with Gasteiger partial charge in [0, 0.05) is 12.1 Å². The van der Waals surface area contributed by atoms with E-state index in [4.69, 9.17) is 5.26 Å². The van der Waals surface area contributed by atoms with Crippen LogP contribution in [-0.2, 0) is 0 Å². The standard InChI is InChI=1S/C10H12N4/c1-2-7-3-9(7)14-10-4-8(5-11)12-6-13-10/h4,6-7,9H,2-3H2,1H3,(H,12,13,14). The molecule has 1 heterocycles. The Balaban J connectivity index is 2.00. The van der Waals surface area contributed by atoms with Crippen LogP contribution in [0, 0.1) is 17.2 Å². The summed E-state index contributed by atoms with van der Waals surface area (Å²) in [6, 6.07) is 4.22. The molecule has 1 N–H and O–H groups in total. The molecule has 14 heavy (non-hydrogen) atoms. The maximum atomic E-state index is 8.64. The zero-order chi connectivity index (χ0) is 9.97. The Morgan fingerprint density at radius 1 is 1.64 bits per heavy atom. The molecule has 2 unspecified atom stereocenters. The number of aromatic nitrogens is 2. The molecule has 1 aliphatic carbocycles. The molecule has 4 nitrogen and oxygen atoms in total. The summed E-state index contributed by atoms with van der Waals surface area (Å²) in [5.41, 5.74) is 0.413. The van der Waals surface area contributed by atoms with Crippen LogP contribution in [0.25, 0.3) is 0 Å². The van der Waals surface area contributed by atoms with Gasteiger partial charge in [0.25, 0.3) is 0 Å². The van der Waals surface area contributed by atoms with Gasteiger partial charge in [-0.05, 0) is 12.3 Å². The van der Waals surface area contributed by atoms with Gasteiger partial charge in [0.15, 0.2) is 0 Å². The molecule has 0 radical (unpaired) electrons. The van der Waals surface area contributed by atoms with Crippen LogP contribution in [0.5, 0.6) is 0 Å². The fourth-order valence-electron chi connectivity index (χ4n) is 1.56. The lowest BCUT2D eigenvalue weighted by atomic mass is 10.3. The zero-order valence-corrected chi connectivity index (χ0v) is 8.07. The van der Waals surface area contributed by atoms with E-state index in [1.807, 2.05) is 6.07 Å². The van der Waals surface area contributed by atoms with Gasteiger partial charge in [-0.15, -0.1) is 0 Å². The molecule has 1 saturated carbocycles. The monoisotopic (exact) mass is 188 g/mol. The van der Waals surface area contributed by atoms with Crippen molar-refractivity contribution in [3.63, 3.8) is 0 Å². The minimum absolute atomic E-state index is 0.413. The van der Waals surface area contributed by atoms with Crippen LogP contribution in [0.3, 0.4) is 0 Å². The van der Waals surface area contributed by atoms with Crippen molar-refractivity contribution < 1.29 is 0 Å². The SMILES string of the molecule is CCC1CC1Nc1cc(C#N)ncn1. The smallest absolute Gasteiger partial charge is 0.145 e. The van der Waals surface area contributed by atoms with Gasteiger partial charge in [0.1, 0.15) is 23.9 Å². The van der Waals surface area contributed by atoms with Crippen LogP contribution < -0.4 is 5.32 Å². The lowest BCUT2D eigenvalue weighted by Gasteiger charge is -2.03. The summed E-state index contributed by atoms with van der Waals surface area (Å²) >= 11 is 0. The number of hydrogen-bond acceptors (Lipinski definition) is 4. The molecule has 0 aliphatic heterocycles. The largest absolute Gasteiger partial charge is 0.367 e. The van der Waals surface area contributed by atoms with E-state index in [9.17, 15) is 0 Å². The maximum Gasteiger partial charge on any atom is 0.145 e. The minimum Gasteiger partial charge on any atom is -0.367 e. The summed E-state index contributed by atoms with van der Waals surface area (Å²) in [4.78, 5) is 7.88. The van der Waals surface area contributed by atoms with Crippen molar-refractivity contribution in [2.24, 2.45) is 5.92 Å². The van der Waals surface area contributed by atoms with E-state index in [0.29, 0.717) is 11.7 Å². The topological polar surface area (TPSA) is 61.6 Å². The Morgan fingerprint density at radius 2 is 2.50 bits per heavy atom. The summed E-state index contributed by atoms with van der Waals surface area (Å²) in [5, 5.41) is 11.9. The molecule has 4 heteroatoms. The maximum absolute atomic E-state index is 8.64. The van der Waals surface area contributed by atoms with Crippen LogP contribution in [0.2, 0.25) is 0 Å². The number of hydrogen-bond donors (Lipinski definition) is 1. The quantitative estimate of drug-likeness (QED) is 0.781. The second kappa shape index (κ2) is 3.62. The average Bonchev–Trinajstić information content (AvgIpc) is 2.97. The van der Waals surface area contributed by atoms with Crippen molar-refractivity contribution in [1.82, 2.24) is 9.97 Å². The third-order valence-corrected chi connectivity index (χ3v) is 2.56. The van der Waals surface area contributed by atoms with Crippen molar-refractivity contribution in [2.45, 2.75) is 25.8 Å². The predicted octanol–water partition coefficient (Wildman–Crippen LogP) is 1.56. The van der Waals surface area contributed by atoms with E-state index in [0.717, 1.165) is 11.7 Å². The van der Waals surface area contributed by atoms with E-state index < -0.39 is 0 Å². The van der Waals surface area contributed by atoms with Gasteiger partial charge >= 0.3 is 0 Å². The molecule has 1 fully saturated rings. The van der Waals surface area contributed by atoms with E-state index in [-0.39, 0.29) is 0 Å². The third-order valence-electron chi connectivity index (χ3n) is 2.56. The van der Waals surface area contributed by atoms with Crippen molar-refractivity contribution >= 4 is 5.82 Å². The number of rotatable bonds is 3. The van der Waals surface area contributed by atoms with Crippen LogP contribution in [0.15, 0.2) is 12.4 Å². The molecule has 72 valence electrons. The van der Waals surface area contributed by atoms with E-state index >= 15 is 0 Å². The highest BCUT2D eigenvalue weighted by atomic mass is 15.1. The Kier molecular flexibility index (Phi) is 2.32. The van der Waals surface area contributed by atoms with E-state index in [1.54, 1.807) is 6.07 Å². The normalized spacial score (nSPS) is 24.0. The van der Waals surface area contributed by atoms with Crippen LogP contribution in [0.1, 0.15) is 25.5 Å². The van der Waals surface area contributed by atoms with Crippen LogP contribution in [-0.4, -0.2) is 16.0 Å². The van der Waals surface area contributed by atoms with Crippen molar-refractivity contribution in [2.75, 3.05) is 5.32 Å². The molecule has 0 saturated heterocycles. The van der Waals surface area contributed by atoms with Gasteiger partial charge < -0.3 is 5.32 Å². The lowest BCUT2D eigenvalue weighted by molar-refractivity contribution is 0.773. The third kappa shape index (κ3) is 1.82. The van der Waals surface area contributed by atoms with E-state index in [2.05, 4.69) is 22.2 Å². The molecule has 1 aliphatic rings. The first-order chi connectivity index (χ1) is 6.83. The number of nitrogens with one attached hydrogen (secondary N) is 1. The van der Waals surface area contributed by atoms with Crippen molar-refractivity contribution in [1.29, 1.82) is 5.26 Å². The van der Waals surface area contributed by atoms with Gasteiger partial charge in [-0.2, -0.15) is 5.26 Å². The highest BCUT2D eigenvalue weighted by Crippen LogP contribution is 2.35. The van der Waals surface area contributed by atoms with Crippen molar-refractivity contribution in [3.8, 4) is 6.07 Å². The Bertz CT molecular complexity index is 369. The summed E-state index contributed by atoms with van der Waals surface area (Å²) < 4.78 is 0. The number of anilines is 1. The van der Waals surface area contributed by atoms with Gasteiger partial charge in [-0.3, -0.25) is 0 Å². The zero-order valence-electron chi connectivity index (χ0n) is 8.07. The molecular weight excluding hydrogens is 176 g/mol. The molecule has 0 aromatic carbocycles. The Hall–Kier alpha value is -1.63. The first kappa shape index (κ1) is 8.95. The summed E-state index contributed by atoms with van der Waals surface area (Å²) in [6.45, 7) is 2.19. The fraction of sp³-hybridized carbons (Fsp3) is 0.500. The van der Waals surface area contributed by atoms with Gasteiger partial charge in [-0.25, -0.2) is 9.97 Å². The van der Waals surface area contributed by atoms with E-state index in [1.165, 1.54) is 19.2 Å². The number of nitrogens with zero attached hydrogens (tertiary/aromatic N) is 3. The van der Waals surface area contributed by atoms with Gasteiger partial charge in [0.05, 0.1) is 0 Å². The first-order valence-corrected chi connectivity index (χ1v) is 4.82. The molecule has 1 aromatic heterocycles. The molecular formula is C10H12N4. The van der Waals surface area contributed by atoms with Crippen LogP contribution in [0.4, 0.5) is 5.82 Å². The Morgan fingerprint density at radius 3 is 3.14 bits per heavy atom. The molecule has 2 rings (SSSR count). The first-order valence-electron chi connectivity index (χ1n) is 4.82. The highest BCUT2D eigenvalue weighted by molar-refractivity contribution is 5.41. The fourth-order valence-corrected chi connectivity index (χ4v) is 1.56. The summed E-state index contributed by atoms with van der Waals surface area (Å²) in [6.07, 6.45) is 3.83. The Labute approximate surface area is 83.0 Å². The second-order valence-electron chi connectivity index (χ2n) is 3.56. The average molecular weight is 188 g/mol. The molecule has 2 atom stereocenters. The second-order valence-corrected chi connectivity index (χ2v) is 3.56. The van der Waals surface area contributed by atoms with Gasteiger partial charge in [0.2, 0.25) is 0 Å². The van der Waals surface area contributed by atoms with Gasteiger partial charge in [-0.1, -0.05) is 13.3 Å². The minimum atomic E-state index is 0.413. The predicted molar refractivity (Wildman–Crippen MR) is 52.6 cm³/mol. The molecule has 0 amide bonds. The summed E-state index contributed by atoms with van der Waals surface area (Å²) in [5.74, 6) is 1.54. The van der Waals surface area contributed by atoms with Crippen molar-refractivity contribution in [3.05, 3.63) is 18.1 Å². The van der Waals surface area contributed by atoms with Crippen LogP contribution >= 0.6 is 0 Å². The number of nitriles is 1. The molecule has 0 spiro atoms. The lowest BCUT2D eigenvalue weighted by Crippen LogP contribution is -2.06. The molecule has 1 aromatic rings. The summed E-state index contributed by atoms with van der Waals surface area (Å²) in [7, 11) is 0. The highest BCUT2D eigenvalue weighted by Gasteiger charge is 2.35. The molecule has 0 bridgehead atoms.